The molecule has 0 fully saturated rings. The van der Waals surface area contributed by atoms with Crippen LogP contribution in [0.5, 0.6) is 0 Å². The average Bonchev–Trinajstić information content (AvgIpc) is 2.61. The summed E-state index contributed by atoms with van der Waals surface area (Å²) >= 11 is 1.19. The van der Waals surface area contributed by atoms with Crippen molar-refractivity contribution in [3.8, 4) is 0 Å². The van der Waals surface area contributed by atoms with Gasteiger partial charge in [-0.2, -0.15) is 0 Å². The van der Waals surface area contributed by atoms with Crippen LogP contribution in [-0.2, 0) is 11.3 Å². The molecule has 0 radical (unpaired) electrons. The van der Waals surface area contributed by atoms with Crippen molar-refractivity contribution in [3.63, 3.8) is 0 Å². The minimum absolute atomic E-state index is 0.0564. The Labute approximate surface area is 97.3 Å². The van der Waals surface area contributed by atoms with E-state index < -0.39 is 5.97 Å². The lowest BCUT2D eigenvalue weighted by Crippen LogP contribution is -2.30. The molecule has 1 heterocycles. The quantitative estimate of drug-likeness (QED) is 0.688. The largest absolute Gasteiger partial charge is 0.477 e. The number of rotatable bonds is 6. The molecule has 0 bridgehead atoms. The number of nitrogens with one attached hydrogen (secondary N) is 1. The summed E-state index contributed by atoms with van der Waals surface area (Å²) in [7, 11) is 0. The molecular weight excluding hydrogens is 228 g/mol. The maximum Gasteiger partial charge on any atom is 0.346 e. The van der Waals surface area contributed by atoms with Gasteiger partial charge in [0.1, 0.15) is 4.88 Å². The Kier molecular flexibility index (Phi) is 4.45. The highest BCUT2D eigenvalue weighted by Crippen LogP contribution is 2.16. The molecule has 0 aliphatic carbocycles. The molecule has 1 amide bonds. The summed E-state index contributed by atoms with van der Waals surface area (Å²) in [6.45, 7) is 2.26. The van der Waals surface area contributed by atoms with Crippen molar-refractivity contribution in [2.45, 2.75) is 25.9 Å². The van der Waals surface area contributed by atoms with Crippen LogP contribution in [0.25, 0.3) is 0 Å². The summed E-state index contributed by atoms with van der Waals surface area (Å²) in [6.07, 6.45) is 0.243. The smallest absolute Gasteiger partial charge is 0.346 e. The van der Waals surface area contributed by atoms with Crippen molar-refractivity contribution in [2.24, 2.45) is 5.73 Å². The van der Waals surface area contributed by atoms with Crippen molar-refractivity contribution in [2.75, 3.05) is 0 Å². The van der Waals surface area contributed by atoms with Gasteiger partial charge in [-0.15, -0.1) is 11.3 Å². The summed E-state index contributed by atoms with van der Waals surface area (Å²) in [5, 5.41) is 13.7. The first kappa shape index (κ1) is 12.7. The van der Waals surface area contributed by atoms with E-state index in [4.69, 9.17) is 10.8 Å². The fraction of sp³-hybridized carbons (Fsp3) is 0.400. The van der Waals surface area contributed by atoms with Gasteiger partial charge in [-0.25, -0.2) is 4.79 Å². The highest BCUT2D eigenvalue weighted by atomic mass is 32.1. The second kappa shape index (κ2) is 5.62. The van der Waals surface area contributed by atoms with Gasteiger partial charge in [-0.3, -0.25) is 4.79 Å². The van der Waals surface area contributed by atoms with Crippen molar-refractivity contribution in [3.05, 3.63) is 21.9 Å². The number of aromatic carboxylic acids is 1. The third-order valence-corrected chi connectivity index (χ3v) is 3.03. The van der Waals surface area contributed by atoms with Crippen molar-refractivity contribution >= 4 is 23.2 Å². The van der Waals surface area contributed by atoms with E-state index in [9.17, 15) is 9.59 Å². The molecule has 6 heteroatoms. The number of hydrogen-bond donors (Lipinski definition) is 3. The van der Waals surface area contributed by atoms with Gasteiger partial charge in [0, 0.05) is 19.0 Å². The fourth-order valence-electron chi connectivity index (χ4n) is 1.32. The van der Waals surface area contributed by atoms with Crippen LogP contribution in [0.4, 0.5) is 0 Å². The zero-order chi connectivity index (χ0) is 12.1. The Morgan fingerprint density at radius 1 is 1.62 bits per heavy atom. The molecule has 0 saturated heterocycles. The third kappa shape index (κ3) is 3.63. The van der Waals surface area contributed by atoms with E-state index in [2.05, 4.69) is 5.32 Å². The first-order chi connectivity index (χ1) is 7.50. The molecule has 0 aromatic carbocycles. The van der Waals surface area contributed by atoms with Crippen LogP contribution in [0.3, 0.4) is 0 Å². The Balaban J connectivity index is 2.51. The lowest BCUT2D eigenvalue weighted by Gasteiger charge is -2.11. The zero-order valence-electron chi connectivity index (χ0n) is 8.90. The minimum Gasteiger partial charge on any atom is -0.477 e. The first-order valence-corrected chi connectivity index (χ1v) is 5.70. The number of hydrogen-bond acceptors (Lipinski definition) is 4. The normalized spacial score (nSPS) is 12.3. The number of thiophene rings is 1. The Morgan fingerprint density at radius 2 is 2.31 bits per heavy atom. The van der Waals surface area contributed by atoms with E-state index in [1.165, 1.54) is 11.3 Å². The molecule has 1 rings (SSSR count). The van der Waals surface area contributed by atoms with Crippen LogP contribution in [0.15, 0.2) is 11.4 Å². The Morgan fingerprint density at radius 3 is 2.88 bits per heavy atom. The van der Waals surface area contributed by atoms with Crippen molar-refractivity contribution < 1.29 is 14.7 Å². The van der Waals surface area contributed by atoms with Crippen LogP contribution >= 0.6 is 11.3 Å². The highest BCUT2D eigenvalue weighted by molar-refractivity contribution is 7.12. The van der Waals surface area contributed by atoms with Gasteiger partial charge >= 0.3 is 5.97 Å². The van der Waals surface area contributed by atoms with Gasteiger partial charge in [-0.05, 0) is 23.9 Å². The predicted octanol–water partition coefficient (Wildman–Crippen LogP) is 0.800. The zero-order valence-corrected chi connectivity index (χ0v) is 9.71. The van der Waals surface area contributed by atoms with Gasteiger partial charge in [0.25, 0.3) is 0 Å². The molecule has 88 valence electrons. The molecule has 0 aliphatic rings. The number of carboxylic acid groups (broad SMARTS) is 1. The molecule has 0 spiro atoms. The number of carbonyl (C=O) groups excluding carboxylic acids is 1. The molecular formula is C10H14N2O3S. The third-order valence-electron chi connectivity index (χ3n) is 2.09. The average molecular weight is 242 g/mol. The molecule has 0 saturated carbocycles. The molecule has 1 aromatic heterocycles. The maximum atomic E-state index is 10.8. The number of carbonyl (C=O) groups is 2. The summed E-state index contributed by atoms with van der Waals surface area (Å²) in [5.74, 6) is -1.29. The maximum absolute atomic E-state index is 10.8. The van der Waals surface area contributed by atoms with Crippen LogP contribution in [-0.4, -0.2) is 23.0 Å². The first-order valence-electron chi connectivity index (χ1n) is 4.82. The van der Waals surface area contributed by atoms with Gasteiger partial charge in [0.05, 0.1) is 0 Å². The summed E-state index contributed by atoms with van der Waals surface area (Å²) in [6, 6.07) is 1.71. The Bertz CT molecular complexity index is 389. The molecule has 0 aliphatic heterocycles. The topological polar surface area (TPSA) is 92.4 Å². The fourth-order valence-corrected chi connectivity index (χ4v) is 2.08. The van der Waals surface area contributed by atoms with Crippen LogP contribution in [0, 0.1) is 0 Å². The van der Waals surface area contributed by atoms with Gasteiger partial charge in [0.15, 0.2) is 0 Å². The van der Waals surface area contributed by atoms with E-state index >= 15 is 0 Å². The standard InChI is InChI=1S/C10H14N2O3S/c1-6(4-8(11)13)12-5-7-2-3-16-9(7)10(14)15/h2-3,6,12H,4-5H2,1H3,(H2,11,13)(H,14,15). The van der Waals surface area contributed by atoms with E-state index in [1.54, 1.807) is 11.4 Å². The van der Waals surface area contributed by atoms with E-state index in [-0.39, 0.29) is 18.4 Å². The minimum atomic E-state index is -0.922. The summed E-state index contributed by atoms with van der Waals surface area (Å²) in [4.78, 5) is 21.8. The van der Waals surface area contributed by atoms with Crippen LogP contribution in [0.2, 0.25) is 0 Å². The van der Waals surface area contributed by atoms with Gasteiger partial charge < -0.3 is 16.2 Å². The molecule has 1 aromatic rings. The molecule has 1 atom stereocenters. The van der Waals surface area contributed by atoms with Gasteiger partial charge in [-0.1, -0.05) is 0 Å². The molecule has 4 N–H and O–H groups in total. The lowest BCUT2D eigenvalue weighted by atomic mass is 10.2. The monoisotopic (exact) mass is 242 g/mol. The van der Waals surface area contributed by atoms with Gasteiger partial charge in [0.2, 0.25) is 5.91 Å². The van der Waals surface area contributed by atoms with Crippen molar-refractivity contribution in [1.82, 2.24) is 5.32 Å². The number of amides is 1. The van der Waals surface area contributed by atoms with Crippen LogP contribution < -0.4 is 11.1 Å². The second-order valence-corrected chi connectivity index (χ2v) is 4.45. The second-order valence-electron chi connectivity index (χ2n) is 3.53. The number of carboxylic acids is 1. The highest BCUT2D eigenvalue weighted by Gasteiger charge is 2.12. The van der Waals surface area contributed by atoms with Crippen LogP contribution in [0.1, 0.15) is 28.6 Å². The van der Waals surface area contributed by atoms with E-state index in [1.807, 2.05) is 6.92 Å². The summed E-state index contributed by atoms with van der Waals surface area (Å²) < 4.78 is 0. The lowest BCUT2D eigenvalue weighted by molar-refractivity contribution is -0.118. The van der Waals surface area contributed by atoms with E-state index in [0.717, 1.165) is 5.56 Å². The number of primary amides is 1. The van der Waals surface area contributed by atoms with E-state index in [0.29, 0.717) is 11.4 Å². The molecule has 1 unspecified atom stereocenters. The number of nitrogens with two attached hydrogens (primary N) is 1. The summed E-state index contributed by atoms with van der Waals surface area (Å²) in [5.41, 5.74) is 5.78. The molecule has 5 nitrogen and oxygen atoms in total. The SMILES string of the molecule is CC(CC(N)=O)NCc1ccsc1C(=O)O. The Hall–Kier alpha value is -1.40. The predicted molar refractivity (Wildman–Crippen MR) is 61.4 cm³/mol. The molecule has 16 heavy (non-hydrogen) atoms. The van der Waals surface area contributed by atoms with Crippen molar-refractivity contribution in [1.29, 1.82) is 0 Å².